The second-order valence-corrected chi connectivity index (χ2v) is 6.54. The SMILES string of the molecule is C[C@@H](SCc1cc(=O)n2[nH]c(N)nc2n1)c1ccccc1Cl. The third-order valence-corrected chi connectivity index (χ3v) is 4.79. The van der Waals surface area contributed by atoms with Gasteiger partial charge in [0.2, 0.25) is 5.95 Å². The molecular formula is C14H14ClN5OS. The molecule has 0 spiro atoms. The van der Waals surface area contributed by atoms with Gasteiger partial charge in [-0.3, -0.25) is 9.89 Å². The van der Waals surface area contributed by atoms with E-state index >= 15 is 0 Å². The van der Waals surface area contributed by atoms with Crippen LogP contribution >= 0.6 is 23.4 Å². The topological polar surface area (TPSA) is 89.1 Å². The van der Waals surface area contributed by atoms with Crippen LogP contribution in [0.25, 0.3) is 5.78 Å². The number of halogens is 1. The number of hydrogen-bond donors (Lipinski definition) is 2. The van der Waals surface area contributed by atoms with Crippen LogP contribution in [0.2, 0.25) is 5.02 Å². The third-order valence-electron chi connectivity index (χ3n) is 3.23. The zero-order chi connectivity index (χ0) is 15.7. The molecule has 0 aliphatic carbocycles. The van der Waals surface area contributed by atoms with Crippen LogP contribution in [0.3, 0.4) is 0 Å². The molecule has 0 saturated heterocycles. The van der Waals surface area contributed by atoms with Crippen LogP contribution in [-0.4, -0.2) is 19.6 Å². The highest BCUT2D eigenvalue weighted by molar-refractivity contribution is 7.98. The first-order valence-electron chi connectivity index (χ1n) is 6.65. The van der Waals surface area contributed by atoms with Gasteiger partial charge in [-0.2, -0.15) is 9.50 Å². The molecule has 0 radical (unpaired) electrons. The number of anilines is 1. The number of fused-ring (bicyclic) bond motifs is 1. The Morgan fingerprint density at radius 1 is 1.41 bits per heavy atom. The Balaban J connectivity index is 1.79. The van der Waals surface area contributed by atoms with E-state index in [9.17, 15) is 4.79 Å². The van der Waals surface area contributed by atoms with Crippen molar-refractivity contribution in [2.24, 2.45) is 0 Å². The number of H-pyrrole nitrogens is 1. The lowest BCUT2D eigenvalue weighted by atomic mass is 10.2. The van der Waals surface area contributed by atoms with Gasteiger partial charge < -0.3 is 5.73 Å². The fourth-order valence-corrected chi connectivity index (χ4v) is 3.44. The molecule has 114 valence electrons. The molecular weight excluding hydrogens is 322 g/mol. The fraction of sp³-hybridized carbons (Fsp3) is 0.214. The van der Waals surface area contributed by atoms with Crippen LogP contribution in [0.4, 0.5) is 5.95 Å². The van der Waals surface area contributed by atoms with Crippen LogP contribution in [0.15, 0.2) is 35.1 Å². The van der Waals surface area contributed by atoms with Crippen LogP contribution in [0.1, 0.15) is 23.4 Å². The van der Waals surface area contributed by atoms with Gasteiger partial charge in [-0.25, -0.2) is 4.98 Å². The average Bonchev–Trinajstić information content (AvgIpc) is 2.86. The maximum absolute atomic E-state index is 11.9. The van der Waals surface area contributed by atoms with Crippen LogP contribution in [0, 0.1) is 0 Å². The lowest BCUT2D eigenvalue weighted by Gasteiger charge is -2.12. The molecule has 3 rings (SSSR count). The summed E-state index contributed by atoms with van der Waals surface area (Å²) in [5.74, 6) is 1.04. The number of aromatic amines is 1. The van der Waals surface area contributed by atoms with Gasteiger partial charge in [-0.1, -0.05) is 29.8 Å². The molecule has 0 amide bonds. The summed E-state index contributed by atoms with van der Waals surface area (Å²) >= 11 is 7.85. The monoisotopic (exact) mass is 335 g/mol. The number of aromatic nitrogens is 4. The van der Waals surface area contributed by atoms with E-state index in [0.29, 0.717) is 11.4 Å². The number of rotatable bonds is 4. The van der Waals surface area contributed by atoms with Crippen molar-refractivity contribution in [2.45, 2.75) is 17.9 Å². The molecule has 1 aromatic carbocycles. The predicted octanol–water partition coefficient (Wildman–Crippen LogP) is 2.65. The minimum atomic E-state index is -0.227. The zero-order valence-electron chi connectivity index (χ0n) is 11.8. The minimum Gasteiger partial charge on any atom is -0.368 e. The van der Waals surface area contributed by atoms with Crippen LogP contribution < -0.4 is 11.3 Å². The zero-order valence-corrected chi connectivity index (χ0v) is 13.4. The number of nitrogen functional groups attached to an aromatic ring is 1. The molecule has 3 N–H and O–H groups in total. The molecule has 22 heavy (non-hydrogen) atoms. The Labute approximate surface area is 135 Å². The summed E-state index contributed by atoms with van der Waals surface area (Å²) in [6.07, 6.45) is 0. The number of nitrogens with one attached hydrogen (secondary N) is 1. The lowest BCUT2D eigenvalue weighted by molar-refractivity contribution is 0.890. The second kappa shape index (κ2) is 6.02. The van der Waals surface area contributed by atoms with Crippen LogP contribution in [-0.2, 0) is 5.75 Å². The highest BCUT2D eigenvalue weighted by atomic mass is 35.5. The standard InChI is InChI=1S/C14H14ClN5OS/c1-8(10-4-2-3-5-11(10)15)22-7-9-6-12(21)20-14(17-9)18-13(16)19-20/h2-6,8H,7H2,1H3,(H3,16,17,18,19)/t8-/m1/s1. The molecule has 0 aliphatic heterocycles. The first-order chi connectivity index (χ1) is 10.5. The Hall–Kier alpha value is -1.99. The number of nitrogens with zero attached hydrogens (tertiary/aromatic N) is 3. The molecule has 8 heteroatoms. The predicted molar refractivity (Wildman–Crippen MR) is 89.2 cm³/mol. The molecule has 0 aliphatic rings. The van der Waals surface area contributed by atoms with Gasteiger partial charge in [-0.05, 0) is 18.6 Å². The molecule has 0 saturated carbocycles. The third kappa shape index (κ3) is 2.95. The largest absolute Gasteiger partial charge is 0.368 e. The van der Waals surface area contributed by atoms with Crippen molar-refractivity contribution in [3.63, 3.8) is 0 Å². The van der Waals surface area contributed by atoms with Gasteiger partial charge in [-0.15, -0.1) is 11.8 Å². The Kier molecular flexibility index (Phi) is 4.08. The van der Waals surface area contributed by atoms with Crippen molar-refractivity contribution < 1.29 is 0 Å². The number of benzene rings is 1. The van der Waals surface area contributed by atoms with Crippen molar-refractivity contribution >= 4 is 35.1 Å². The number of hydrogen-bond acceptors (Lipinski definition) is 5. The fourth-order valence-electron chi connectivity index (χ4n) is 2.12. The quantitative estimate of drug-likeness (QED) is 0.765. The summed E-state index contributed by atoms with van der Waals surface area (Å²) in [5.41, 5.74) is 7.04. The Morgan fingerprint density at radius 2 is 2.18 bits per heavy atom. The highest BCUT2D eigenvalue weighted by Crippen LogP contribution is 2.34. The van der Waals surface area contributed by atoms with Gasteiger partial charge >= 0.3 is 0 Å². The second-order valence-electron chi connectivity index (χ2n) is 4.80. The number of nitrogens with two attached hydrogens (primary N) is 1. The summed E-state index contributed by atoms with van der Waals surface area (Å²) in [7, 11) is 0. The summed E-state index contributed by atoms with van der Waals surface area (Å²) in [5, 5.41) is 3.57. The minimum absolute atomic E-state index is 0.166. The maximum Gasteiger partial charge on any atom is 0.274 e. The summed E-state index contributed by atoms with van der Waals surface area (Å²) in [6, 6.07) is 9.22. The Bertz CT molecular complexity index is 875. The van der Waals surface area contributed by atoms with E-state index in [1.807, 2.05) is 24.3 Å². The molecule has 2 aromatic heterocycles. The van der Waals surface area contributed by atoms with E-state index in [1.165, 1.54) is 10.6 Å². The van der Waals surface area contributed by atoms with E-state index in [4.69, 9.17) is 17.3 Å². The van der Waals surface area contributed by atoms with Gasteiger partial charge in [0.25, 0.3) is 11.3 Å². The van der Waals surface area contributed by atoms with Gasteiger partial charge in [0.1, 0.15) is 0 Å². The first kappa shape index (κ1) is 14.9. The average molecular weight is 336 g/mol. The van der Waals surface area contributed by atoms with E-state index in [1.54, 1.807) is 11.8 Å². The van der Waals surface area contributed by atoms with E-state index in [-0.39, 0.29) is 22.5 Å². The van der Waals surface area contributed by atoms with Crippen molar-refractivity contribution in [1.82, 2.24) is 19.6 Å². The summed E-state index contributed by atoms with van der Waals surface area (Å²) in [4.78, 5) is 20.3. The normalized spacial score (nSPS) is 12.6. The van der Waals surface area contributed by atoms with Crippen molar-refractivity contribution in [2.75, 3.05) is 5.73 Å². The van der Waals surface area contributed by atoms with E-state index in [2.05, 4.69) is 22.0 Å². The molecule has 2 heterocycles. The molecule has 1 atom stereocenters. The molecule has 0 unspecified atom stereocenters. The van der Waals surface area contributed by atoms with Crippen LogP contribution in [0.5, 0.6) is 0 Å². The maximum atomic E-state index is 11.9. The highest BCUT2D eigenvalue weighted by Gasteiger charge is 2.12. The van der Waals surface area contributed by atoms with Gasteiger partial charge in [0.05, 0.1) is 5.69 Å². The Morgan fingerprint density at radius 3 is 2.95 bits per heavy atom. The van der Waals surface area contributed by atoms with E-state index in [0.717, 1.165) is 10.6 Å². The van der Waals surface area contributed by atoms with Gasteiger partial charge in [0, 0.05) is 22.1 Å². The molecule has 6 nitrogen and oxygen atoms in total. The molecule has 0 fully saturated rings. The number of thioether (sulfide) groups is 1. The van der Waals surface area contributed by atoms with Crippen molar-refractivity contribution in [3.8, 4) is 0 Å². The van der Waals surface area contributed by atoms with Gasteiger partial charge in [0.15, 0.2) is 0 Å². The summed E-state index contributed by atoms with van der Waals surface area (Å²) in [6.45, 7) is 2.07. The van der Waals surface area contributed by atoms with Crippen molar-refractivity contribution in [1.29, 1.82) is 0 Å². The summed E-state index contributed by atoms with van der Waals surface area (Å²) < 4.78 is 1.22. The first-order valence-corrected chi connectivity index (χ1v) is 8.07. The lowest BCUT2D eigenvalue weighted by Crippen LogP contribution is -2.15. The molecule has 3 aromatic rings. The molecule has 0 bridgehead atoms. The smallest absolute Gasteiger partial charge is 0.274 e. The van der Waals surface area contributed by atoms with Crippen molar-refractivity contribution in [3.05, 3.63) is 57.0 Å². The van der Waals surface area contributed by atoms with E-state index < -0.39 is 0 Å².